The van der Waals surface area contributed by atoms with E-state index in [4.69, 9.17) is 0 Å². The summed E-state index contributed by atoms with van der Waals surface area (Å²) in [7, 11) is -3.80. The standard InChI is InChI=1S/C16H26N2O4S/c1-11(2)17-15(20)13(18-23(21,22)16(3,4)5)14(19)12-9-7-6-8-10-12/h6-11,13-14,18-19H,1-5H3,(H,17,20)/t13-,14+/m0/s1. The van der Waals surface area contributed by atoms with Crippen molar-refractivity contribution in [2.45, 2.75) is 57.6 Å². The lowest BCUT2D eigenvalue weighted by Crippen LogP contribution is -2.54. The first-order valence-corrected chi connectivity index (χ1v) is 8.99. The lowest BCUT2D eigenvalue weighted by Gasteiger charge is -2.28. The van der Waals surface area contributed by atoms with Crippen LogP contribution in [-0.4, -0.2) is 36.3 Å². The predicted molar refractivity (Wildman–Crippen MR) is 90.3 cm³/mol. The van der Waals surface area contributed by atoms with Gasteiger partial charge in [0.25, 0.3) is 0 Å². The molecule has 2 atom stereocenters. The van der Waals surface area contributed by atoms with Gasteiger partial charge in [0.15, 0.2) is 0 Å². The van der Waals surface area contributed by atoms with E-state index in [2.05, 4.69) is 10.0 Å². The molecule has 0 aliphatic rings. The number of aliphatic hydroxyl groups is 1. The molecule has 1 aromatic rings. The summed E-state index contributed by atoms with van der Waals surface area (Å²) in [6, 6.07) is 7.02. The largest absolute Gasteiger partial charge is 0.386 e. The maximum Gasteiger partial charge on any atom is 0.241 e. The number of amides is 1. The summed E-state index contributed by atoms with van der Waals surface area (Å²) < 4.78 is 26.0. The van der Waals surface area contributed by atoms with E-state index in [9.17, 15) is 18.3 Å². The molecule has 0 aromatic heterocycles. The summed E-state index contributed by atoms with van der Waals surface area (Å²) in [5, 5.41) is 13.1. The molecule has 0 heterocycles. The van der Waals surface area contributed by atoms with Gasteiger partial charge in [0, 0.05) is 6.04 Å². The first kappa shape index (κ1) is 19.6. The third-order valence-electron chi connectivity index (χ3n) is 3.26. The molecule has 0 fully saturated rings. The fraction of sp³-hybridized carbons (Fsp3) is 0.562. The second-order valence-corrected chi connectivity index (χ2v) is 9.20. The Morgan fingerprint density at radius 1 is 1.13 bits per heavy atom. The second-order valence-electron chi connectivity index (χ2n) is 6.73. The number of aliphatic hydroxyl groups excluding tert-OH is 1. The molecule has 0 saturated heterocycles. The van der Waals surface area contributed by atoms with Gasteiger partial charge in [-0.05, 0) is 40.2 Å². The van der Waals surface area contributed by atoms with E-state index in [0.717, 1.165) is 0 Å². The molecule has 0 saturated carbocycles. The lowest BCUT2D eigenvalue weighted by atomic mass is 10.0. The zero-order valence-electron chi connectivity index (χ0n) is 14.2. The van der Waals surface area contributed by atoms with Crippen molar-refractivity contribution in [2.24, 2.45) is 0 Å². The van der Waals surface area contributed by atoms with Gasteiger partial charge in [-0.2, -0.15) is 4.72 Å². The molecule has 130 valence electrons. The number of nitrogens with one attached hydrogen (secondary N) is 2. The highest BCUT2D eigenvalue weighted by Crippen LogP contribution is 2.21. The van der Waals surface area contributed by atoms with Crippen molar-refractivity contribution in [2.75, 3.05) is 0 Å². The number of carbonyl (C=O) groups excluding carboxylic acids is 1. The van der Waals surface area contributed by atoms with Crippen LogP contribution in [0.3, 0.4) is 0 Å². The third-order valence-corrected chi connectivity index (χ3v) is 5.44. The first-order valence-electron chi connectivity index (χ1n) is 7.51. The average Bonchev–Trinajstić information content (AvgIpc) is 2.43. The van der Waals surface area contributed by atoms with E-state index >= 15 is 0 Å². The summed E-state index contributed by atoms with van der Waals surface area (Å²) in [6.45, 7) is 8.12. The average molecular weight is 342 g/mol. The molecule has 0 unspecified atom stereocenters. The zero-order chi connectivity index (χ0) is 17.8. The van der Waals surface area contributed by atoms with Crippen LogP contribution in [0.2, 0.25) is 0 Å². The SMILES string of the molecule is CC(C)NC(=O)[C@@H](NS(=O)(=O)C(C)(C)C)[C@H](O)c1ccccc1. The van der Waals surface area contributed by atoms with Crippen molar-refractivity contribution in [1.29, 1.82) is 0 Å². The predicted octanol–water partition coefficient (Wildman–Crippen LogP) is 1.33. The smallest absolute Gasteiger partial charge is 0.241 e. The van der Waals surface area contributed by atoms with Crippen LogP contribution in [0.4, 0.5) is 0 Å². The summed E-state index contributed by atoms with van der Waals surface area (Å²) in [4.78, 5) is 12.4. The van der Waals surface area contributed by atoms with Gasteiger partial charge in [-0.1, -0.05) is 30.3 Å². The van der Waals surface area contributed by atoms with Crippen molar-refractivity contribution in [3.63, 3.8) is 0 Å². The molecular formula is C16H26N2O4S. The fourth-order valence-electron chi connectivity index (χ4n) is 1.82. The Morgan fingerprint density at radius 2 is 1.65 bits per heavy atom. The molecule has 1 amide bonds. The van der Waals surface area contributed by atoms with E-state index in [0.29, 0.717) is 5.56 Å². The van der Waals surface area contributed by atoms with Crippen LogP contribution < -0.4 is 10.0 Å². The monoisotopic (exact) mass is 342 g/mol. The quantitative estimate of drug-likeness (QED) is 0.727. The number of hydrogen-bond acceptors (Lipinski definition) is 4. The highest BCUT2D eigenvalue weighted by atomic mass is 32.2. The molecule has 1 aromatic carbocycles. The summed E-state index contributed by atoms with van der Waals surface area (Å²) in [5.74, 6) is -0.566. The van der Waals surface area contributed by atoms with Crippen LogP contribution in [0, 0.1) is 0 Å². The fourth-order valence-corrected chi connectivity index (χ4v) is 2.75. The van der Waals surface area contributed by atoms with Crippen molar-refractivity contribution in [3.8, 4) is 0 Å². The maximum atomic E-state index is 12.4. The minimum Gasteiger partial charge on any atom is -0.386 e. The molecule has 7 heteroatoms. The molecule has 23 heavy (non-hydrogen) atoms. The van der Waals surface area contributed by atoms with E-state index in [-0.39, 0.29) is 6.04 Å². The Balaban J connectivity index is 3.15. The van der Waals surface area contributed by atoms with Gasteiger partial charge in [0.1, 0.15) is 12.1 Å². The van der Waals surface area contributed by atoms with Crippen LogP contribution in [-0.2, 0) is 14.8 Å². The lowest BCUT2D eigenvalue weighted by molar-refractivity contribution is -0.125. The first-order chi connectivity index (χ1) is 10.5. The maximum absolute atomic E-state index is 12.4. The molecule has 6 nitrogen and oxygen atoms in total. The van der Waals surface area contributed by atoms with E-state index < -0.39 is 32.8 Å². The van der Waals surface area contributed by atoms with Gasteiger partial charge >= 0.3 is 0 Å². The Bertz CT molecular complexity index is 621. The molecule has 0 spiro atoms. The third kappa shape index (κ3) is 5.30. The van der Waals surface area contributed by atoms with Gasteiger partial charge in [0.2, 0.25) is 15.9 Å². The number of benzene rings is 1. The van der Waals surface area contributed by atoms with Crippen molar-refractivity contribution in [1.82, 2.24) is 10.0 Å². The van der Waals surface area contributed by atoms with Crippen molar-refractivity contribution in [3.05, 3.63) is 35.9 Å². The van der Waals surface area contributed by atoms with Gasteiger partial charge in [0.05, 0.1) is 4.75 Å². The van der Waals surface area contributed by atoms with E-state index in [1.807, 2.05) is 0 Å². The number of rotatable bonds is 6. The van der Waals surface area contributed by atoms with E-state index in [1.54, 1.807) is 44.2 Å². The minimum absolute atomic E-state index is 0.174. The minimum atomic E-state index is -3.80. The number of sulfonamides is 1. The zero-order valence-corrected chi connectivity index (χ0v) is 15.0. The van der Waals surface area contributed by atoms with Gasteiger partial charge < -0.3 is 10.4 Å². The molecule has 0 radical (unpaired) electrons. The van der Waals surface area contributed by atoms with Crippen LogP contribution in [0.1, 0.15) is 46.3 Å². The molecule has 0 aliphatic heterocycles. The Morgan fingerprint density at radius 3 is 2.09 bits per heavy atom. The van der Waals surface area contributed by atoms with Crippen LogP contribution in [0.15, 0.2) is 30.3 Å². The van der Waals surface area contributed by atoms with Gasteiger partial charge in [-0.3, -0.25) is 4.79 Å². The molecule has 0 aliphatic carbocycles. The van der Waals surface area contributed by atoms with Crippen LogP contribution in [0.25, 0.3) is 0 Å². The molecular weight excluding hydrogens is 316 g/mol. The summed E-state index contributed by atoms with van der Waals surface area (Å²) in [6.07, 6.45) is -1.29. The van der Waals surface area contributed by atoms with E-state index in [1.165, 1.54) is 20.8 Å². The Kier molecular flexibility index (Phi) is 6.33. The molecule has 3 N–H and O–H groups in total. The highest BCUT2D eigenvalue weighted by molar-refractivity contribution is 7.90. The number of carbonyl (C=O) groups is 1. The summed E-state index contributed by atoms with van der Waals surface area (Å²) in [5.41, 5.74) is 0.466. The van der Waals surface area contributed by atoms with Crippen LogP contribution in [0.5, 0.6) is 0 Å². The van der Waals surface area contributed by atoms with Crippen molar-refractivity contribution < 1.29 is 18.3 Å². The molecule has 0 bridgehead atoms. The van der Waals surface area contributed by atoms with Crippen LogP contribution >= 0.6 is 0 Å². The second kappa shape index (κ2) is 7.42. The van der Waals surface area contributed by atoms with Gasteiger partial charge in [-0.15, -0.1) is 0 Å². The Hall–Kier alpha value is -1.44. The van der Waals surface area contributed by atoms with Crippen molar-refractivity contribution >= 4 is 15.9 Å². The van der Waals surface area contributed by atoms with Gasteiger partial charge in [-0.25, -0.2) is 8.42 Å². The normalized spacial score (nSPS) is 15.3. The Labute approximate surface area is 138 Å². The number of hydrogen-bond donors (Lipinski definition) is 3. The topological polar surface area (TPSA) is 95.5 Å². The highest BCUT2D eigenvalue weighted by Gasteiger charge is 2.37. The summed E-state index contributed by atoms with van der Waals surface area (Å²) >= 11 is 0. The molecule has 1 rings (SSSR count).